The van der Waals surface area contributed by atoms with Gasteiger partial charge >= 0.3 is 5.97 Å². The number of benzene rings is 2. The molecule has 0 aliphatic carbocycles. The van der Waals surface area contributed by atoms with Crippen molar-refractivity contribution < 1.29 is 14.3 Å². The third-order valence-electron chi connectivity index (χ3n) is 8.19. The molecule has 4 heterocycles. The summed E-state index contributed by atoms with van der Waals surface area (Å²) in [5, 5.41) is 19.6. The predicted molar refractivity (Wildman–Crippen MR) is 153 cm³/mol. The molecule has 2 aliphatic heterocycles. The van der Waals surface area contributed by atoms with Crippen LogP contribution in [-0.2, 0) is 0 Å². The minimum absolute atomic E-state index is 0.317. The lowest BCUT2D eigenvalue weighted by molar-refractivity contribution is 0.0695. The van der Waals surface area contributed by atoms with Crippen molar-refractivity contribution >= 4 is 28.8 Å². The molecule has 0 bridgehead atoms. The SMILES string of the molecule is C[C@@H]1CCC[C@H](C)N1c1nc2ccc(-n3cc(C(=O)O)c(=O)cc3-c3ccc(N4CCCC4)c(C#N)c3)cc2o1. The van der Waals surface area contributed by atoms with E-state index in [0.717, 1.165) is 44.5 Å². The standard InChI is InChI=1S/C31H31N5O4/c1-19-6-5-7-20(2)36(19)31-33-25-10-9-23(15-29(25)40-31)35-18-24(30(38)39)28(37)16-27(35)21-8-11-26(22(14-21)17-32)34-12-3-4-13-34/h8-11,14-16,18-20H,3-7,12-13H2,1-2H3,(H,38,39)/t19-,20+. The van der Waals surface area contributed by atoms with Gasteiger partial charge in [-0.05, 0) is 70.2 Å². The van der Waals surface area contributed by atoms with E-state index in [1.165, 1.54) is 18.7 Å². The average molecular weight is 538 g/mol. The zero-order chi connectivity index (χ0) is 28.0. The molecule has 2 aliphatic rings. The lowest BCUT2D eigenvalue weighted by Gasteiger charge is -2.37. The third kappa shape index (κ3) is 4.49. The summed E-state index contributed by atoms with van der Waals surface area (Å²) < 4.78 is 7.91. The van der Waals surface area contributed by atoms with E-state index in [-0.39, 0.29) is 5.56 Å². The molecule has 0 radical (unpaired) electrons. The van der Waals surface area contributed by atoms with Crippen LogP contribution in [0.25, 0.3) is 28.0 Å². The molecule has 0 saturated carbocycles. The van der Waals surface area contributed by atoms with Gasteiger partial charge in [0.1, 0.15) is 17.1 Å². The molecule has 2 atom stereocenters. The topological polar surface area (TPSA) is 116 Å². The quantitative estimate of drug-likeness (QED) is 0.351. The van der Waals surface area contributed by atoms with Gasteiger partial charge in [-0.2, -0.15) is 10.2 Å². The lowest BCUT2D eigenvalue weighted by atomic mass is 9.98. The Morgan fingerprint density at radius 1 is 1.05 bits per heavy atom. The van der Waals surface area contributed by atoms with Crippen molar-refractivity contribution in [2.45, 2.75) is 58.0 Å². The molecular formula is C31H31N5O4. The molecule has 2 aromatic carbocycles. The number of nitriles is 1. The second-order valence-corrected chi connectivity index (χ2v) is 10.8. The van der Waals surface area contributed by atoms with E-state index < -0.39 is 11.4 Å². The number of rotatable bonds is 5. The molecule has 0 unspecified atom stereocenters. The number of nitrogens with zero attached hydrogens (tertiary/aromatic N) is 5. The molecule has 2 saturated heterocycles. The highest BCUT2D eigenvalue weighted by molar-refractivity contribution is 5.88. The maximum atomic E-state index is 12.8. The van der Waals surface area contributed by atoms with Crippen molar-refractivity contribution in [3.05, 3.63) is 70.0 Å². The van der Waals surface area contributed by atoms with Crippen LogP contribution >= 0.6 is 0 Å². The number of piperidine rings is 1. The number of anilines is 2. The van der Waals surface area contributed by atoms with Gasteiger partial charge in [0.15, 0.2) is 11.0 Å². The second-order valence-electron chi connectivity index (χ2n) is 10.8. The Labute approximate surface area is 231 Å². The molecule has 2 aromatic heterocycles. The maximum absolute atomic E-state index is 12.8. The number of pyridine rings is 1. The highest BCUT2D eigenvalue weighted by Gasteiger charge is 2.29. The highest BCUT2D eigenvalue weighted by Crippen LogP contribution is 2.34. The molecule has 2 fully saturated rings. The van der Waals surface area contributed by atoms with Crippen molar-refractivity contribution in [1.29, 1.82) is 5.26 Å². The van der Waals surface area contributed by atoms with Crippen LogP contribution in [0.1, 0.15) is 61.9 Å². The molecule has 9 nitrogen and oxygen atoms in total. The fraction of sp³-hybridized carbons (Fsp3) is 0.355. The van der Waals surface area contributed by atoms with Gasteiger partial charge in [0.2, 0.25) is 0 Å². The number of aromatic nitrogens is 2. The number of carboxylic acid groups (broad SMARTS) is 1. The number of carbonyl (C=O) groups is 1. The average Bonchev–Trinajstić information content (AvgIpc) is 3.62. The van der Waals surface area contributed by atoms with Gasteiger partial charge in [-0.1, -0.05) is 6.07 Å². The van der Waals surface area contributed by atoms with Crippen LogP contribution < -0.4 is 15.2 Å². The van der Waals surface area contributed by atoms with E-state index in [9.17, 15) is 20.0 Å². The Kier molecular flexibility index (Phi) is 6.54. The molecule has 9 heteroatoms. The molecule has 204 valence electrons. The number of oxazole rings is 1. The van der Waals surface area contributed by atoms with E-state index in [1.807, 2.05) is 30.3 Å². The van der Waals surface area contributed by atoms with Crippen molar-refractivity contribution in [3.8, 4) is 23.0 Å². The summed E-state index contributed by atoms with van der Waals surface area (Å²) in [4.78, 5) is 33.9. The monoisotopic (exact) mass is 537 g/mol. The van der Waals surface area contributed by atoms with Crippen LogP contribution in [0, 0.1) is 11.3 Å². The number of hydrogen-bond acceptors (Lipinski definition) is 7. The zero-order valence-electron chi connectivity index (χ0n) is 22.6. The van der Waals surface area contributed by atoms with Crippen molar-refractivity contribution in [2.75, 3.05) is 22.9 Å². The molecule has 0 amide bonds. The number of hydrogen-bond donors (Lipinski definition) is 1. The number of fused-ring (bicyclic) bond motifs is 1. The van der Waals surface area contributed by atoms with Gasteiger partial charge in [-0.25, -0.2) is 4.79 Å². The Morgan fingerprint density at radius 3 is 2.50 bits per heavy atom. The Hall–Kier alpha value is -4.58. The van der Waals surface area contributed by atoms with Crippen molar-refractivity contribution in [3.63, 3.8) is 0 Å². The largest absolute Gasteiger partial charge is 0.477 e. The maximum Gasteiger partial charge on any atom is 0.341 e. The van der Waals surface area contributed by atoms with E-state index in [0.29, 0.717) is 51.7 Å². The normalized spacial score (nSPS) is 19.2. The summed E-state index contributed by atoms with van der Waals surface area (Å²) in [6, 6.07) is 15.9. The second kappa shape index (κ2) is 10.2. The zero-order valence-corrected chi connectivity index (χ0v) is 22.6. The molecule has 40 heavy (non-hydrogen) atoms. The van der Waals surface area contributed by atoms with Gasteiger partial charge in [0, 0.05) is 54.8 Å². The molecule has 0 spiro atoms. The highest BCUT2D eigenvalue weighted by atomic mass is 16.4. The first-order valence-corrected chi connectivity index (χ1v) is 13.8. The van der Waals surface area contributed by atoms with E-state index in [1.54, 1.807) is 10.6 Å². The Morgan fingerprint density at radius 2 is 1.80 bits per heavy atom. The number of aromatic carboxylic acids is 1. The Balaban J connectivity index is 1.47. The van der Waals surface area contributed by atoms with Gasteiger partial charge < -0.3 is 23.9 Å². The van der Waals surface area contributed by atoms with Gasteiger partial charge in [0.05, 0.1) is 16.9 Å². The Bertz CT molecular complexity index is 1700. The fourth-order valence-corrected chi connectivity index (χ4v) is 6.11. The number of carboxylic acids is 1. The summed E-state index contributed by atoms with van der Waals surface area (Å²) in [5.74, 6) is -1.30. The molecule has 4 aromatic rings. The van der Waals surface area contributed by atoms with E-state index in [4.69, 9.17) is 9.40 Å². The van der Waals surface area contributed by atoms with E-state index >= 15 is 0 Å². The molecule has 6 rings (SSSR count). The first kappa shape index (κ1) is 25.7. The van der Waals surface area contributed by atoms with Gasteiger partial charge in [-0.15, -0.1) is 0 Å². The first-order chi connectivity index (χ1) is 19.3. The van der Waals surface area contributed by atoms with Crippen LogP contribution in [0.2, 0.25) is 0 Å². The predicted octanol–water partition coefficient (Wildman–Crippen LogP) is 5.58. The molecular weight excluding hydrogens is 506 g/mol. The summed E-state index contributed by atoms with van der Waals surface area (Å²) in [7, 11) is 0. The summed E-state index contributed by atoms with van der Waals surface area (Å²) in [5.41, 5.74) is 3.46. The third-order valence-corrected chi connectivity index (χ3v) is 8.19. The van der Waals surface area contributed by atoms with Gasteiger partial charge in [-0.3, -0.25) is 4.79 Å². The van der Waals surface area contributed by atoms with Crippen LogP contribution in [0.5, 0.6) is 0 Å². The summed E-state index contributed by atoms with van der Waals surface area (Å²) in [6.07, 6.45) is 6.85. The minimum Gasteiger partial charge on any atom is -0.477 e. The fourth-order valence-electron chi connectivity index (χ4n) is 6.11. The van der Waals surface area contributed by atoms with Crippen LogP contribution in [0.4, 0.5) is 11.7 Å². The minimum atomic E-state index is -1.30. The summed E-state index contributed by atoms with van der Waals surface area (Å²) in [6.45, 7) is 6.17. The van der Waals surface area contributed by atoms with Gasteiger partial charge in [0.25, 0.3) is 6.01 Å². The first-order valence-electron chi connectivity index (χ1n) is 13.8. The summed E-state index contributed by atoms with van der Waals surface area (Å²) >= 11 is 0. The van der Waals surface area contributed by atoms with Crippen molar-refractivity contribution in [2.24, 2.45) is 0 Å². The van der Waals surface area contributed by atoms with Crippen LogP contribution in [0.3, 0.4) is 0 Å². The van der Waals surface area contributed by atoms with Crippen molar-refractivity contribution in [1.82, 2.24) is 9.55 Å². The van der Waals surface area contributed by atoms with Crippen LogP contribution in [-0.4, -0.2) is 45.8 Å². The lowest BCUT2D eigenvalue weighted by Crippen LogP contribution is -2.44. The van der Waals surface area contributed by atoms with E-state index in [2.05, 4.69) is 29.7 Å². The molecule has 1 N–H and O–H groups in total. The smallest absolute Gasteiger partial charge is 0.341 e. The van der Waals surface area contributed by atoms with Crippen LogP contribution in [0.15, 0.2) is 57.9 Å².